The number of benzene rings is 1. The molecule has 6 N–H and O–H groups in total. The molecular weight excluding hydrogens is 222 g/mol. The van der Waals surface area contributed by atoms with Crippen molar-refractivity contribution in [1.29, 1.82) is 0 Å². The lowest BCUT2D eigenvalue weighted by molar-refractivity contribution is -0.122. The van der Waals surface area contributed by atoms with Gasteiger partial charge in [-0.3, -0.25) is 10.1 Å². The summed E-state index contributed by atoms with van der Waals surface area (Å²) in [7, 11) is 0. The largest absolute Gasteiger partial charge is 0.465 e. The van der Waals surface area contributed by atoms with Crippen molar-refractivity contribution in [2.45, 2.75) is 18.4 Å². The number of hydrogen-bond acceptors (Lipinski definition) is 3. The predicted molar refractivity (Wildman–Crippen MR) is 61.6 cm³/mol. The summed E-state index contributed by atoms with van der Waals surface area (Å²) < 4.78 is 0. The van der Waals surface area contributed by atoms with E-state index in [-0.39, 0.29) is 0 Å². The van der Waals surface area contributed by atoms with Gasteiger partial charge in [0.1, 0.15) is 5.54 Å². The van der Waals surface area contributed by atoms with Crippen molar-refractivity contribution in [3.05, 3.63) is 29.3 Å². The zero-order valence-corrected chi connectivity index (χ0v) is 9.06. The van der Waals surface area contributed by atoms with E-state index >= 15 is 0 Å². The van der Waals surface area contributed by atoms with Crippen LogP contribution in [0.1, 0.15) is 11.1 Å². The van der Waals surface area contributed by atoms with Crippen molar-refractivity contribution in [1.82, 2.24) is 0 Å². The molecule has 1 unspecified atom stereocenters. The van der Waals surface area contributed by atoms with Gasteiger partial charge in [-0.25, -0.2) is 4.79 Å². The van der Waals surface area contributed by atoms with E-state index in [2.05, 4.69) is 5.32 Å². The van der Waals surface area contributed by atoms with Gasteiger partial charge in [0.25, 0.3) is 0 Å². The molecule has 0 fully saturated rings. The molecule has 1 atom stereocenters. The van der Waals surface area contributed by atoms with E-state index in [1.165, 1.54) is 0 Å². The standard InChI is InChI=1S/C11H13N3O3/c12-9(15)11(13)4-6-1-2-8(14-10(16)17)3-7(6)5-11/h1-3,14H,4-5,13H2,(H2,12,15)(H,16,17). The average molecular weight is 235 g/mol. The molecule has 0 spiro atoms. The van der Waals surface area contributed by atoms with Gasteiger partial charge in [0.05, 0.1) is 0 Å². The second-order valence-corrected chi connectivity index (χ2v) is 4.29. The van der Waals surface area contributed by atoms with E-state index in [9.17, 15) is 9.59 Å². The van der Waals surface area contributed by atoms with Crippen LogP contribution in [0.25, 0.3) is 0 Å². The summed E-state index contributed by atoms with van der Waals surface area (Å²) in [5, 5.41) is 10.8. The SMILES string of the molecule is NC(=O)C1(N)Cc2ccc(NC(=O)O)cc2C1. The van der Waals surface area contributed by atoms with Crippen LogP contribution in [0.5, 0.6) is 0 Å². The molecular formula is C11H13N3O3. The first kappa shape index (κ1) is 11.4. The number of hydrogen-bond donors (Lipinski definition) is 4. The van der Waals surface area contributed by atoms with Gasteiger partial charge in [-0.05, 0) is 29.7 Å². The van der Waals surface area contributed by atoms with Gasteiger partial charge in [-0.1, -0.05) is 6.07 Å². The summed E-state index contributed by atoms with van der Waals surface area (Å²) in [6.07, 6.45) is -0.394. The molecule has 0 aromatic heterocycles. The number of fused-ring (bicyclic) bond motifs is 1. The maximum Gasteiger partial charge on any atom is 0.409 e. The van der Waals surface area contributed by atoms with Crippen LogP contribution < -0.4 is 16.8 Å². The molecule has 2 rings (SSSR count). The van der Waals surface area contributed by atoms with Crippen molar-refractivity contribution >= 4 is 17.7 Å². The molecule has 0 aliphatic heterocycles. The fraction of sp³-hybridized carbons (Fsp3) is 0.273. The molecule has 1 aromatic rings. The van der Waals surface area contributed by atoms with E-state index in [0.29, 0.717) is 18.5 Å². The molecule has 1 aliphatic carbocycles. The quantitative estimate of drug-likeness (QED) is 0.579. The molecule has 0 radical (unpaired) electrons. The van der Waals surface area contributed by atoms with E-state index in [1.807, 2.05) is 0 Å². The molecule has 6 nitrogen and oxygen atoms in total. The van der Waals surface area contributed by atoms with Gasteiger partial charge < -0.3 is 16.6 Å². The zero-order chi connectivity index (χ0) is 12.6. The Morgan fingerprint density at radius 1 is 1.29 bits per heavy atom. The fourth-order valence-corrected chi connectivity index (χ4v) is 2.08. The highest BCUT2D eigenvalue weighted by Crippen LogP contribution is 2.30. The van der Waals surface area contributed by atoms with Gasteiger partial charge in [0.15, 0.2) is 0 Å². The lowest BCUT2D eigenvalue weighted by Crippen LogP contribution is -2.52. The number of anilines is 1. The third kappa shape index (κ3) is 2.07. The maximum absolute atomic E-state index is 11.2. The molecule has 0 saturated carbocycles. The number of rotatable bonds is 2. The topological polar surface area (TPSA) is 118 Å². The van der Waals surface area contributed by atoms with Crippen molar-refractivity contribution < 1.29 is 14.7 Å². The molecule has 2 amide bonds. The molecule has 0 bridgehead atoms. The number of carbonyl (C=O) groups is 2. The summed E-state index contributed by atoms with van der Waals surface area (Å²) in [5.41, 5.74) is 12.4. The molecule has 0 saturated heterocycles. The fourth-order valence-electron chi connectivity index (χ4n) is 2.08. The predicted octanol–water partition coefficient (Wildman–Crippen LogP) is 0.0579. The minimum atomic E-state index is -1.13. The van der Waals surface area contributed by atoms with Gasteiger partial charge in [0.2, 0.25) is 5.91 Å². The second kappa shape index (κ2) is 3.74. The summed E-state index contributed by atoms with van der Waals surface area (Å²) in [6, 6.07) is 5.08. The highest BCUT2D eigenvalue weighted by Gasteiger charge is 2.38. The Kier molecular flexibility index (Phi) is 2.51. The van der Waals surface area contributed by atoms with Gasteiger partial charge in [-0.2, -0.15) is 0 Å². The van der Waals surface area contributed by atoms with Crippen LogP contribution >= 0.6 is 0 Å². The summed E-state index contributed by atoms with van der Waals surface area (Å²) in [4.78, 5) is 21.7. The number of nitrogens with one attached hydrogen (secondary N) is 1. The first-order chi connectivity index (χ1) is 7.90. The maximum atomic E-state index is 11.2. The van der Waals surface area contributed by atoms with Crippen LogP contribution in [-0.4, -0.2) is 22.6 Å². The molecule has 1 aromatic carbocycles. The van der Waals surface area contributed by atoms with Crippen LogP contribution in [-0.2, 0) is 17.6 Å². The molecule has 17 heavy (non-hydrogen) atoms. The van der Waals surface area contributed by atoms with Gasteiger partial charge in [-0.15, -0.1) is 0 Å². The molecule has 1 aliphatic rings. The average Bonchev–Trinajstić information content (AvgIpc) is 2.54. The summed E-state index contributed by atoms with van der Waals surface area (Å²) >= 11 is 0. The first-order valence-electron chi connectivity index (χ1n) is 5.11. The second-order valence-electron chi connectivity index (χ2n) is 4.29. The monoisotopic (exact) mass is 235 g/mol. The molecule has 90 valence electrons. The Labute approximate surface area is 97.6 Å². The van der Waals surface area contributed by atoms with Crippen molar-refractivity contribution in [3.63, 3.8) is 0 Å². The Morgan fingerprint density at radius 3 is 2.53 bits per heavy atom. The minimum absolute atomic E-state index is 0.340. The first-order valence-corrected chi connectivity index (χ1v) is 5.11. The van der Waals surface area contributed by atoms with Crippen molar-refractivity contribution in [3.8, 4) is 0 Å². The number of carbonyl (C=O) groups excluding carboxylic acids is 1. The Bertz CT molecular complexity index is 501. The van der Waals surface area contributed by atoms with Gasteiger partial charge in [0, 0.05) is 12.1 Å². The van der Waals surface area contributed by atoms with Crippen LogP contribution in [0.4, 0.5) is 10.5 Å². The van der Waals surface area contributed by atoms with Crippen LogP contribution in [0, 0.1) is 0 Å². The van der Waals surface area contributed by atoms with E-state index < -0.39 is 17.5 Å². The molecule has 0 heterocycles. The third-order valence-electron chi connectivity index (χ3n) is 2.96. The van der Waals surface area contributed by atoms with Crippen molar-refractivity contribution in [2.75, 3.05) is 5.32 Å². The number of nitrogens with two attached hydrogens (primary N) is 2. The van der Waals surface area contributed by atoms with Crippen molar-refractivity contribution in [2.24, 2.45) is 11.5 Å². The smallest absolute Gasteiger partial charge is 0.409 e. The Morgan fingerprint density at radius 2 is 1.94 bits per heavy atom. The lowest BCUT2D eigenvalue weighted by Gasteiger charge is -2.18. The van der Waals surface area contributed by atoms with Crippen LogP contribution in [0.2, 0.25) is 0 Å². The van der Waals surface area contributed by atoms with E-state index in [0.717, 1.165) is 11.1 Å². The summed E-state index contributed by atoms with van der Waals surface area (Å²) in [5.74, 6) is -0.540. The van der Waals surface area contributed by atoms with Crippen LogP contribution in [0.15, 0.2) is 18.2 Å². The minimum Gasteiger partial charge on any atom is -0.465 e. The normalized spacial score (nSPS) is 21.9. The Hall–Kier alpha value is -2.08. The van der Waals surface area contributed by atoms with E-state index in [4.69, 9.17) is 16.6 Å². The summed E-state index contributed by atoms with van der Waals surface area (Å²) in [6.45, 7) is 0. The van der Waals surface area contributed by atoms with E-state index in [1.54, 1.807) is 18.2 Å². The third-order valence-corrected chi connectivity index (χ3v) is 2.96. The van der Waals surface area contributed by atoms with Crippen LogP contribution in [0.3, 0.4) is 0 Å². The highest BCUT2D eigenvalue weighted by molar-refractivity contribution is 5.87. The molecule has 6 heteroatoms. The number of primary amides is 1. The highest BCUT2D eigenvalue weighted by atomic mass is 16.4. The van der Waals surface area contributed by atoms with Gasteiger partial charge >= 0.3 is 6.09 Å². The number of carboxylic acid groups (broad SMARTS) is 1. The zero-order valence-electron chi connectivity index (χ0n) is 9.06. The lowest BCUT2D eigenvalue weighted by atomic mass is 9.97. The Balaban J connectivity index is 2.28. The number of amides is 2.